The van der Waals surface area contributed by atoms with Crippen molar-refractivity contribution >= 4 is 78.7 Å². The number of rotatable bonds is 15. The van der Waals surface area contributed by atoms with Crippen LogP contribution in [0.1, 0.15) is 87.8 Å². The predicted octanol–water partition coefficient (Wildman–Crippen LogP) is 8.21. The molecule has 3 aliphatic heterocycles. The minimum atomic E-state index is -4.86. The van der Waals surface area contributed by atoms with Crippen molar-refractivity contribution in [3.05, 3.63) is 113 Å². The largest absolute Gasteiger partial charge is 0.494 e. The van der Waals surface area contributed by atoms with Crippen LogP contribution in [0.5, 0.6) is 11.5 Å². The van der Waals surface area contributed by atoms with Gasteiger partial charge in [-0.25, -0.2) is 14.8 Å². The summed E-state index contributed by atoms with van der Waals surface area (Å²) < 4.78 is 58.4. The first-order chi connectivity index (χ1) is 36.1. The third kappa shape index (κ3) is 10.7. The molecule has 75 heavy (non-hydrogen) atoms. The number of ether oxygens (including phenoxy) is 2. The number of anilines is 3. The lowest BCUT2D eigenvalue weighted by Gasteiger charge is -2.31. The van der Waals surface area contributed by atoms with Gasteiger partial charge in [0.2, 0.25) is 17.7 Å². The van der Waals surface area contributed by atoms with Crippen molar-refractivity contribution in [3.8, 4) is 22.6 Å². The monoisotopic (exact) mass is 1040 g/mol. The summed E-state index contributed by atoms with van der Waals surface area (Å²) in [5.74, 6) is -2.57. The number of imide groups is 1. The zero-order valence-electron chi connectivity index (χ0n) is 40.8. The van der Waals surface area contributed by atoms with Gasteiger partial charge in [0, 0.05) is 49.3 Å². The molecule has 1 unspecified atom stereocenters. The van der Waals surface area contributed by atoms with Crippen LogP contribution in [0.2, 0.25) is 0 Å². The van der Waals surface area contributed by atoms with Crippen LogP contribution in [0.3, 0.4) is 0 Å². The van der Waals surface area contributed by atoms with E-state index in [1.807, 2.05) is 30.3 Å². The van der Waals surface area contributed by atoms with Crippen LogP contribution < -0.4 is 30.3 Å². The van der Waals surface area contributed by atoms with Crippen molar-refractivity contribution in [3.63, 3.8) is 0 Å². The highest BCUT2D eigenvalue weighted by Crippen LogP contribution is 2.42. The van der Waals surface area contributed by atoms with Gasteiger partial charge in [0.15, 0.2) is 16.6 Å². The summed E-state index contributed by atoms with van der Waals surface area (Å²) in [6.45, 7) is 2.21. The molecule has 0 spiro atoms. The summed E-state index contributed by atoms with van der Waals surface area (Å²) in [5, 5.41) is 24.2. The summed E-state index contributed by atoms with van der Waals surface area (Å²) in [6.07, 6.45) is 0.721. The third-order valence-electron chi connectivity index (χ3n) is 14.0. The molecule has 388 valence electrons. The highest BCUT2D eigenvalue weighted by molar-refractivity contribution is 7.22. The molecule has 4 amide bonds. The van der Waals surface area contributed by atoms with Crippen LogP contribution in [-0.2, 0) is 40.6 Å². The molecule has 22 heteroatoms. The number of fused-ring (bicyclic) bond motifs is 3. The average molecular weight is 1050 g/mol. The number of halogens is 3. The van der Waals surface area contributed by atoms with Gasteiger partial charge in [0.05, 0.1) is 53.3 Å². The Balaban J connectivity index is 0.731. The summed E-state index contributed by atoms with van der Waals surface area (Å²) in [4.78, 5) is 81.0. The molecule has 0 radical (unpaired) electrons. The quantitative estimate of drug-likeness (QED) is 0.0561. The standard InChI is InChI=1S/C53H51F3N10O8S/c1-64-47-34(44(63-64)35-13-16-42(67)61-49(35)69)11-14-39(48(47)73-2)58-43(68)28-65-22-18-29(19-23-65)6-5-25-74-31-9-10-32(37(26-31)53(54,55)56)33-12-15-41(60-46(33)51(71)72)66-24-20-30-17-21-57-45(36(30)27-66)50(70)62-52-59-38-7-3-4-8-40(38)75-52/h3-4,7-12,14-15,17,21,26,29,35H,5-6,13,16,18-20,22-25,27-28H2,1-2H3,(H,58,68)(H,71,72)(H,59,62,70)(H,61,67,69). The lowest BCUT2D eigenvalue weighted by molar-refractivity contribution is -0.137. The lowest BCUT2D eigenvalue weighted by Crippen LogP contribution is -2.39. The van der Waals surface area contributed by atoms with E-state index in [2.05, 4.69) is 40.9 Å². The number of likely N-dealkylation sites (tertiary alicyclic amines) is 1. The van der Waals surface area contributed by atoms with Crippen LogP contribution in [0.4, 0.5) is 29.8 Å². The van der Waals surface area contributed by atoms with Crippen molar-refractivity contribution in [2.24, 2.45) is 13.0 Å². The number of nitrogens with zero attached hydrogens (tertiary/aromatic N) is 7. The van der Waals surface area contributed by atoms with Crippen molar-refractivity contribution < 1.29 is 51.7 Å². The number of aromatic nitrogens is 5. The third-order valence-corrected chi connectivity index (χ3v) is 15.0. The van der Waals surface area contributed by atoms with Gasteiger partial charge in [0.25, 0.3) is 5.91 Å². The maximum Gasteiger partial charge on any atom is 0.417 e. The van der Waals surface area contributed by atoms with E-state index in [0.717, 1.165) is 41.1 Å². The SMILES string of the molecule is COc1c(NC(=O)CN2CCC(CCCOc3ccc(-c4ccc(N5CCc6ccnc(C(=O)Nc7nc8ccccc8s7)c6C5)nc4C(=O)O)c(C(F)(F)F)c3)CC2)ccc2c(C3CCC(=O)NC3=O)nn(C)c12. The predicted molar refractivity (Wildman–Crippen MR) is 273 cm³/mol. The van der Waals surface area contributed by atoms with Gasteiger partial charge in [-0.1, -0.05) is 29.5 Å². The normalized spacial score (nSPS) is 16.4. The molecule has 18 nitrogen and oxygen atoms in total. The number of carbonyl (C=O) groups is 5. The lowest BCUT2D eigenvalue weighted by atomic mass is 9.92. The van der Waals surface area contributed by atoms with Gasteiger partial charge in [0.1, 0.15) is 22.8 Å². The Morgan fingerprint density at radius 3 is 2.48 bits per heavy atom. The molecule has 0 saturated carbocycles. The molecule has 4 aromatic heterocycles. The van der Waals surface area contributed by atoms with Gasteiger partial charge >= 0.3 is 12.1 Å². The molecule has 3 aliphatic rings. The summed E-state index contributed by atoms with van der Waals surface area (Å²) in [6, 6.07) is 19.1. The van der Waals surface area contributed by atoms with E-state index in [-0.39, 0.29) is 66.3 Å². The van der Waals surface area contributed by atoms with Gasteiger partial charge in [-0.15, -0.1) is 0 Å². The van der Waals surface area contributed by atoms with Crippen LogP contribution in [0.15, 0.2) is 79.0 Å². The number of para-hydroxylation sites is 1. The fourth-order valence-electron chi connectivity index (χ4n) is 10.3. The number of methoxy groups -OCH3 is 1. The Morgan fingerprint density at radius 2 is 1.72 bits per heavy atom. The average Bonchev–Trinajstić information content (AvgIpc) is 3.97. The number of amides is 4. The first kappa shape index (κ1) is 50.5. The fraction of sp³-hybridized carbons (Fsp3) is 0.340. The van der Waals surface area contributed by atoms with E-state index in [1.54, 1.807) is 35.0 Å². The molecule has 0 aliphatic carbocycles. The molecular weight excluding hydrogens is 994 g/mol. The maximum atomic E-state index is 14.8. The minimum Gasteiger partial charge on any atom is -0.494 e. The summed E-state index contributed by atoms with van der Waals surface area (Å²) in [7, 11) is 3.22. The first-order valence-electron chi connectivity index (χ1n) is 24.5. The second-order valence-corrected chi connectivity index (χ2v) is 19.8. The molecule has 0 bridgehead atoms. The van der Waals surface area contributed by atoms with Gasteiger partial charge in [-0.05, 0) is 123 Å². The van der Waals surface area contributed by atoms with Crippen molar-refractivity contribution in [1.29, 1.82) is 0 Å². The number of hydrogen-bond acceptors (Lipinski definition) is 14. The molecule has 10 rings (SSSR count). The number of carboxylic acids is 1. The van der Waals surface area contributed by atoms with Crippen LogP contribution in [0, 0.1) is 5.92 Å². The number of nitrogens with one attached hydrogen (secondary N) is 3. The molecule has 1 atom stereocenters. The number of benzene rings is 3. The Bertz CT molecular complexity index is 3360. The number of hydrogen-bond donors (Lipinski definition) is 4. The molecule has 7 heterocycles. The summed E-state index contributed by atoms with van der Waals surface area (Å²) in [5.41, 5.74) is 1.82. The van der Waals surface area contributed by atoms with Crippen LogP contribution in [-0.4, -0.2) is 104 Å². The number of aryl methyl sites for hydroxylation is 1. The zero-order valence-corrected chi connectivity index (χ0v) is 41.6. The minimum absolute atomic E-state index is 0.00847. The summed E-state index contributed by atoms with van der Waals surface area (Å²) >= 11 is 1.33. The zero-order chi connectivity index (χ0) is 52.5. The molecule has 4 N–H and O–H groups in total. The maximum absolute atomic E-state index is 14.8. The van der Waals surface area contributed by atoms with Crippen molar-refractivity contribution in [1.82, 2.24) is 34.9 Å². The number of pyridine rings is 2. The van der Waals surface area contributed by atoms with E-state index in [1.165, 1.54) is 42.7 Å². The Labute approximate surface area is 431 Å². The number of thiazole rings is 1. The van der Waals surface area contributed by atoms with E-state index in [9.17, 15) is 42.3 Å². The highest BCUT2D eigenvalue weighted by atomic mass is 32.1. The molecule has 3 aromatic carbocycles. The molecule has 2 fully saturated rings. The van der Waals surface area contributed by atoms with E-state index < -0.39 is 41.1 Å². The first-order valence-corrected chi connectivity index (χ1v) is 25.3. The van der Waals surface area contributed by atoms with Crippen molar-refractivity contribution in [2.75, 3.05) is 55.4 Å². The second-order valence-electron chi connectivity index (χ2n) is 18.8. The van der Waals surface area contributed by atoms with E-state index in [0.29, 0.717) is 83.5 Å². The topological polar surface area (TPSA) is 223 Å². The Hall–Kier alpha value is -7.98. The van der Waals surface area contributed by atoms with Crippen LogP contribution >= 0.6 is 11.3 Å². The number of carbonyl (C=O) groups excluding carboxylic acids is 4. The molecule has 2 saturated heterocycles. The number of piperidine rings is 2. The number of aromatic carboxylic acids is 1. The van der Waals surface area contributed by atoms with Crippen molar-refractivity contribution in [2.45, 2.75) is 63.6 Å². The molecule has 7 aromatic rings. The number of alkyl halides is 3. The second kappa shape index (κ2) is 21.1. The number of carboxylic acid groups (broad SMARTS) is 1. The van der Waals surface area contributed by atoms with Gasteiger partial charge in [-0.3, -0.25) is 44.4 Å². The highest BCUT2D eigenvalue weighted by Gasteiger charge is 2.37. The smallest absolute Gasteiger partial charge is 0.417 e. The fourth-order valence-corrected chi connectivity index (χ4v) is 11.2. The molecular formula is C53H51F3N10O8S. The van der Waals surface area contributed by atoms with Crippen LogP contribution in [0.25, 0.3) is 32.2 Å². The van der Waals surface area contributed by atoms with E-state index >= 15 is 0 Å². The Kier molecular flexibility index (Phi) is 14.2. The van der Waals surface area contributed by atoms with Gasteiger partial charge in [-0.2, -0.15) is 18.3 Å². The van der Waals surface area contributed by atoms with E-state index in [4.69, 9.17) is 9.47 Å². The van der Waals surface area contributed by atoms with Gasteiger partial charge < -0.3 is 24.8 Å². The Morgan fingerprint density at radius 1 is 0.920 bits per heavy atom.